The standard InChI is InChI=1S/C8H7Cl3S/c9-3-4-12-6-1-2-7(10)8(11)5-6/h1-2,5H,3-4H2. The fraction of sp³-hybridized carbons (Fsp3) is 0.250. The highest BCUT2D eigenvalue weighted by Crippen LogP contribution is 2.27. The molecular formula is C8H7Cl3S. The number of thioether (sulfide) groups is 1. The van der Waals surface area contributed by atoms with Crippen LogP contribution in [0.25, 0.3) is 0 Å². The number of hydrogen-bond donors (Lipinski definition) is 0. The zero-order valence-electron chi connectivity index (χ0n) is 6.19. The lowest BCUT2D eigenvalue weighted by Gasteiger charge is -2.00. The molecule has 1 rings (SSSR count). The average Bonchev–Trinajstić information content (AvgIpc) is 2.07. The summed E-state index contributed by atoms with van der Waals surface area (Å²) in [6.45, 7) is 0. The first-order valence-electron chi connectivity index (χ1n) is 3.38. The summed E-state index contributed by atoms with van der Waals surface area (Å²) in [5.74, 6) is 1.53. The first-order chi connectivity index (χ1) is 5.74. The predicted molar refractivity (Wildman–Crippen MR) is 57.9 cm³/mol. The van der Waals surface area contributed by atoms with Gasteiger partial charge in [0.25, 0.3) is 0 Å². The van der Waals surface area contributed by atoms with E-state index in [1.165, 1.54) is 0 Å². The summed E-state index contributed by atoms with van der Waals surface area (Å²) in [5, 5.41) is 1.18. The van der Waals surface area contributed by atoms with E-state index < -0.39 is 0 Å². The van der Waals surface area contributed by atoms with Crippen molar-refractivity contribution in [2.75, 3.05) is 11.6 Å². The minimum Gasteiger partial charge on any atom is -0.126 e. The molecule has 1 aromatic rings. The molecule has 0 aliphatic carbocycles. The summed E-state index contributed by atoms with van der Waals surface area (Å²) in [4.78, 5) is 1.10. The molecule has 0 fully saturated rings. The Labute approximate surface area is 91.2 Å². The first-order valence-corrected chi connectivity index (χ1v) is 5.65. The Kier molecular flexibility index (Phi) is 4.59. The van der Waals surface area contributed by atoms with Crippen molar-refractivity contribution >= 4 is 46.6 Å². The van der Waals surface area contributed by atoms with Crippen LogP contribution < -0.4 is 0 Å². The maximum atomic E-state index is 5.81. The molecule has 0 atom stereocenters. The van der Waals surface area contributed by atoms with Crippen molar-refractivity contribution < 1.29 is 0 Å². The Morgan fingerprint density at radius 2 is 1.92 bits per heavy atom. The van der Waals surface area contributed by atoms with Gasteiger partial charge in [-0.05, 0) is 18.2 Å². The van der Waals surface area contributed by atoms with Crippen molar-refractivity contribution in [1.29, 1.82) is 0 Å². The van der Waals surface area contributed by atoms with Gasteiger partial charge in [0.2, 0.25) is 0 Å². The third kappa shape index (κ3) is 3.06. The molecule has 12 heavy (non-hydrogen) atoms. The van der Waals surface area contributed by atoms with Crippen molar-refractivity contribution in [3.63, 3.8) is 0 Å². The maximum Gasteiger partial charge on any atom is 0.0603 e. The second kappa shape index (κ2) is 5.23. The van der Waals surface area contributed by atoms with Crippen LogP contribution in [0.3, 0.4) is 0 Å². The van der Waals surface area contributed by atoms with E-state index in [0.717, 1.165) is 10.6 Å². The monoisotopic (exact) mass is 240 g/mol. The zero-order valence-corrected chi connectivity index (χ0v) is 9.27. The second-order valence-corrected chi connectivity index (χ2v) is 4.47. The summed E-state index contributed by atoms with van der Waals surface area (Å²) in [5.41, 5.74) is 0. The van der Waals surface area contributed by atoms with Gasteiger partial charge in [0.05, 0.1) is 10.0 Å². The largest absolute Gasteiger partial charge is 0.126 e. The third-order valence-corrected chi connectivity index (χ3v) is 3.38. The number of halogens is 3. The highest BCUT2D eigenvalue weighted by atomic mass is 35.5. The zero-order chi connectivity index (χ0) is 8.97. The average molecular weight is 242 g/mol. The van der Waals surface area contributed by atoms with Crippen molar-refractivity contribution in [3.05, 3.63) is 28.2 Å². The lowest BCUT2D eigenvalue weighted by molar-refractivity contribution is 1.43. The van der Waals surface area contributed by atoms with Crippen LogP contribution >= 0.6 is 46.6 Å². The maximum absolute atomic E-state index is 5.81. The van der Waals surface area contributed by atoms with Gasteiger partial charge in [-0.15, -0.1) is 23.4 Å². The van der Waals surface area contributed by atoms with Crippen LogP contribution in [-0.2, 0) is 0 Å². The molecule has 0 bridgehead atoms. The number of rotatable bonds is 3. The Morgan fingerprint density at radius 3 is 2.50 bits per heavy atom. The molecule has 0 saturated carbocycles. The van der Waals surface area contributed by atoms with Crippen LogP contribution in [-0.4, -0.2) is 11.6 Å². The molecule has 0 nitrogen and oxygen atoms in total. The fourth-order valence-electron chi connectivity index (χ4n) is 0.723. The van der Waals surface area contributed by atoms with E-state index in [4.69, 9.17) is 34.8 Å². The van der Waals surface area contributed by atoms with Crippen LogP contribution in [0.2, 0.25) is 10.0 Å². The van der Waals surface area contributed by atoms with E-state index in [0.29, 0.717) is 15.9 Å². The Morgan fingerprint density at radius 1 is 1.17 bits per heavy atom. The lowest BCUT2D eigenvalue weighted by Crippen LogP contribution is -1.79. The van der Waals surface area contributed by atoms with Crippen molar-refractivity contribution in [1.82, 2.24) is 0 Å². The smallest absolute Gasteiger partial charge is 0.0603 e. The van der Waals surface area contributed by atoms with E-state index in [2.05, 4.69) is 0 Å². The lowest BCUT2D eigenvalue weighted by atomic mass is 10.4. The third-order valence-electron chi connectivity index (χ3n) is 1.24. The molecule has 0 unspecified atom stereocenters. The predicted octanol–water partition coefficient (Wildman–Crippen LogP) is 4.32. The van der Waals surface area contributed by atoms with E-state index in [9.17, 15) is 0 Å². The molecular weight excluding hydrogens is 235 g/mol. The van der Waals surface area contributed by atoms with E-state index >= 15 is 0 Å². The van der Waals surface area contributed by atoms with Crippen LogP contribution in [0.5, 0.6) is 0 Å². The number of alkyl halides is 1. The van der Waals surface area contributed by atoms with Crippen molar-refractivity contribution in [2.24, 2.45) is 0 Å². The minimum atomic E-state index is 0.590. The SMILES string of the molecule is ClCCSc1ccc(Cl)c(Cl)c1. The summed E-state index contributed by atoms with van der Waals surface area (Å²) >= 11 is 18.8. The van der Waals surface area contributed by atoms with Gasteiger partial charge in [-0.2, -0.15) is 0 Å². The molecule has 0 aliphatic heterocycles. The summed E-state index contributed by atoms with van der Waals surface area (Å²) in [7, 11) is 0. The molecule has 0 radical (unpaired) electrons. The Balaban J connectivity index is 2.69. The summed E-state index contributed by atoms with van der Waals surface area (Å²) < 4.78 is 0. The first kappa shape index (κ1) is 10.5. The molecule has 0 spiro atoms. The van der Waals surface area contributed by atoms with Gasteiger partial charge in [-0.1, -0.05) is 23.2 Å². The van der Waals surface area contributed by atoms with Gasteiger partial charge in [0, 0.05) is 16.5 Å². The van der Waals surface area contributed by atoms with Gasteiger partial charge < -0.3 is 0 Å². The molecule has 0 saturated heterocycles. The highest BCUT2D eigenvalue weighted by Gasteiger charge is 1.98. The normalized spacial score (nSPS) is 10.2. The van der Waals surface area contributed by atoms with Gasteiger partial charge >= 0.3 is 0 Å². The van der Waals surface area contributed by atoms with Crippen LogP contribution in [0.4, 0.5) is 0 Å². The minimum absolute atomic E-state index is 0.590. The highest BCUT2D eigenvalue weighted by molar-refractivity contribution is 7.99. The van der Waals surface area contributed by atoms with Gasteiger partial charge in [0.1, 0.15) is 0 Å². The van der Waals surface area contributed by atoms with Crippen molar-refractivity contribution in [3.8, 4) is 0 Å². The Bertz CT molecular complexity index is 262. The topological polar surface area (TPSA) is 0 Å². The van der Waals surface area contributed by atoms with Gasteiger partial charge in [-0.25, -0.2) is 0 Å². The molecule has 0 aliphatic rings. The van der Waals surface area contributed by atoms with Crippen molar-refractivity contribution in [2.45, 2.75) is 4.90 Å². The van der Waals surface area contributed by atoms with Crippen LogP contribution in [0.15, 0.2) is 23.1 Å². The van der Waals surface area contributed by atoms with E-state index in [1.54, 1.807) is 17.8 Å². The fourth-order valence-corrected chi connectivity index (χ4v) is 2.00. The molecule has 0 aromatic heterocycles. The summed E-state index contributed by atoms with van der Waals surface area (Å²) in [6, 6.07) is 5.58. The van der Waals surface area contributed by atoms with Gasteiger partial charge in [0.15, 0.2) is 0 Å². The second-order valence-electron chi connectivity index (χ2n) is 2.11. The van der Waals surface area contributed by atoms with E-state index in [1.807, 2.05) is 12.1 Å². The van der Waals surface area contributed by atoms with Gasteiger partial charge in [-0.3, -0.25) is 0 Å². The molecule has 66 valence electrons. The number of hydrogen-bond acceptors (Lipinski definition) is 1. The van der Waals surface area contributed by atoms with E-state index in [-0.39, 0.29) is 0 Å². The quantitative estimate of drug-likeness (QED) is 0.561. The summed E-state index contributed by atoms with van der Waals surface area (Å²) in [6.07, 6.45) is 0. The van der Waals surface area contributed by atoms with Crippen LogP contribution in [0.1, 0.15) is 0 Å². The molecule has 1 aromatic carbocycles. The molecule has 0 heterocycles. The number of benzene rings is 1. The Hall–Kier alpha value is 0.440. The molecule has 0 N–H and O–H groups in total. The molecule has 0 amide bonds. The van der Waals surface area contributed by atoms with Crippen LogP contribution in [0, 0.1) is 0 Å². The molecule has 4 heteroatoms.